The van der Waals surface area contributed by atoms with Crippen molar-refractivity contribution in [3.63, 3.8) is 0 Å². The topological polar surface area (TPSA) is 12.0 Å². The van der Waals surface area contributed by atoms with Gasteiger partial charge in [-0.05, 0) is 31.0 Å². The van der Waals surface area contributed by atoms with E-state index in [-0.39, 0.29) is 0 Å². The normalized spacial score (nSPS) is 12.7. The fraction of sp³-hybridized carbons (Fsp3) is 0.231. The van der Waals surface area contributed by atoms with E-state index in [1.807, 2.05) is 7.05 Å². The van der Waals surface area contributed by atoms with Crippen molar-refractivity contribution < 1.29 is 0 Å². The van der Waals surface area contributed by atoms with E-state index in [1.54, 1.807) is 11.3 Å². The van der Waals surface area contributed by atoms with Crippen LogP contribution in [0.15, 0.2) is 41.8 Å². The number of hydrogen-bond acceptors (Lipinski definition) is 2. The molecular weight excluding hydrogens is 202 g/mol. The van der Waals surface area contributed by atoms with Gasteiger partial charge in [0.05, 0.1) is 6.04 Å². The quantitative estimate of drug-likeness (QED) is 0.831. The molecule has 0 aliphatic rings. The molecule has 2 rings (SSSR count). The van der Waals surface area contributed by atoms with Crippen molar-refractivity contribution in [1.82, 2.24) is 5.32 Å². The van der Waals surface area contributed by atoms with Gasteiger partial charge in [-0.15, -0.1) is 11.3 Å². The molecule has 1 atom stereocenters. The summed E-state index contributed by atoms with van der Waals surface area (Å²) in [4.78, 5) is 1.36. The van der Waals surface area contributed by atoms with Crippen molar-refractivity contribution in [1.29, 1.82) is 0 Å². The smallest absolute Gasteiger partial charge is 0.0668 e. The molecule has 1 N–H and O–H groups in total. The summed E-state index contributed by atoms with van der Waals surface area (Å²) < 4.78 is 0. The third kappa shape index (κ3) is 2.28. The largest absolute Gasteiger partial charge is 0.309 e. The fourth-order valence-electron chi connectivity index (χ4n) is 1.69. The molecule has 0 saturated heterocycles. The van der Waals surface area contributed by atoms with E-state index in [2.05, 4.69) is 54.0 Å². The van der Waals surface area contributed by atoms with Crippen LogP contribution in [0.5, 0.6) is 0 Å². The van der Waals surface area contributed by atoms with Gasteiger partial charge in [0, 0.05) is 4.88 Å². The molecule has 0 spiro atoms. The van der Waals surface area contributed by atoms with Crippen LogP contribution in [-0.4, -0.2) is 7.05 Å². The highest BCUT2D eigenvalue weighted by Gasteiger charge is 2.11. The SMILES string of the molecule is CNC(c1ccc(C)cc1)c1cccs1. The molecule has 2 aromatic rings. The van der Waals surface area contributed by atoms with Gasteiger partial charge in [-0.25, -0.2) is 0 Å². The molecular formula is C13H15NS. The summed E-state index contributed by atoms with van der Waals surface area (Å²) in [5.74, 6) is 0. The molecule has 0 fully saturated rings. The second-order valence-electron chi connectivity index (χ2n) is 3.65. The number of aryl methyl sites for hydroxylation is 1. The highest BCUT2D eigenvalue weighted by atomic mass is 32.1. The van der Waals surface area contributed by atoms with Gasteiger partial charge in [0.1, 0.15) is 0 Å². The number of nitrogens with one attached hydrogen (secondary N) is 1. The lowest BCUT2D eigenvalue weighted by Crippen LogP contribution is -2.16. The number of thiophene rings is 1. The van der Waals surface area contributed by atoms with E-state index in [0.717, 1.165) is 0 Å². The maximum Gasteiger partial charge on any atom is 0.0668 e. The number of rotatable bonds is 3. The number of hydrogen-bond donors (Lipinski definition) is 1. The lowest BCUT2D eigenvalue weighted by atomic mass is 10.0. The molecule has 0 amide bonds. The maximum absolute atomic E-state index is 3.35. The first kappa shape index (κ1) is 10.4. The average Bonchev–Trinajstić information content (AvgIpc) is 2.75. The number of benzene rings is 1. The Kier molecular flexibility index (Phi) is 3.19. The molecule has 1 aromatic heterocycles. The summed E-state index contributed by atoms with van der Waals surface area (Å²) in [5, 5.41) is 5.47. The van der Waals surface area contributed by atoms with E-state index < -0.39 is 0 Å². The van der Waals surface area contributed by atoms with Crippen molar-refractivity contribution in [3.8, 4) is 0 Å². The summed E-state index contributed by atoms with van der Waals surface area (Å²) in [6, 6.07) is 13.3. The molecule has 0 radical (unpaired) electrons. The third-order valence-corrected chi connectivity index (χ3v) is 3.46. The van der Waals surface area contributed by atoms with Crippen LogP contribution in [0.4, 0.5) is 0 Å². The highest BCUT2D eigenvalue weighted by molar-refractivity contribution is 7.10. The second-order valence-corrected chi connectivity index (χ2v) is 4.63. The van der Waals surface area contributed by atoms with Gasteiger partial charge >= 0.3 is 0 Å². The van der Waals surface area contributed by atoms with Crippen LogP contribution in [0.3, 0.4) is 0 Å². The summed E-state index contributed by atoms with van der Waals surface area (Å²) >= 11 is 1.79. The van der Waals surface area contributed by atoms with Crippen LogP contribution in [0.2, 0.25) is 0 Å². The zero-order valence-corrected chi connectivity index (χ0v) is 9.84. The Morgan fingerprint density at radius 2 is 1.87 bits per heavy atom. The van der Waals surface area contributed by atoms with E-state index in [4.69, 9.17) is 0 Å². The van der Waals surface area contributed by atoms with E-state index >= 15 is 0 Å². The minimum Gasteiger partial charge on any atom is -0.309 e. The van der Waals surface area contributed by atoms with Crippen molar-refractivity contribution in [2.75, 3.05) is 7.05 Å². The van der Waals surface area contributed by atoms with Crippen LogP contribution in [0, 0.1) is 6.92 Å². The summed E-state index contributed by atoms with van der Waals surface area (Å²) in [6.07, 6.45) is 0. The monoisotopic (exact) mass is 217 g/mol. The standard InChI is InChI=1S/C13H15NS/c1-10-5-7-11(8-6-10)13(14-2)12-4-3-9-15-12/h3-9,13-14H,1-2H3. The first-order valence-corrected chi connectivity index (χ1v) is 5.96. The maximum atomic E-state index is 3.35. The van der Waals surface area contributed by atoms with Gasteiger partial charge in [-0.1, -0.05) is 35.9 Å². The van der Waals surface area contributed by atoms with E-state index in [1.165, 1.54) is 16.0 Å². The van der Waals surface area contributed by atoms with Crippen molar-refractivity contribution in [2.24, 2.45) is 0 Å². The van der Waals surface area contributed by atoms with E-state index in [0.29, 0.717) is 6.04 Å². The molecule has 78 valence electrons. The van der Waals surface area contributed by atoms with E-state index in [9.17, 15) is 0 Å². The Hall–Kier alpha value is -1.12. The molecule has 0 saturated carbocycles. The summed E-state index contributed by atoms with van der Waals surface area (Å²) in [5.41, 5.74) is 2.63. The predicted molar refractivity (Wildman–Crippen MR) is 66.4 cm³/mol. The van der Waals surface area contributed by atoms with Crippen molar-refractivity contribution in [2.45, 2.75) is 13.0 Å². The van der Waals surface area contributed by atoms with Gasteiger partial charge in [0.15, 0.2) is 0 Å². The van der Waals surface area contributed by atoms with Crippen LogP contribution in [0.25, 0.3) is 0 Å². The van der Waals surface area contributed by atoms with Crippen molar-refractivity contribution in [3.05, 3.63) is 57.8 Å². The second kappa shape index (κ2) is 4.60. The average molecular weight is 217 g/mol. The molecule has 0 aliphatic carbocycles. The first-order valence-electron chi connectivity index (χ1n) is 5.08. The predicted octanol–water partition coefficient (Wildman–Crippen LogP) is 3.37. The Bertz CT molecular complexity index is 403. The molecule has 0 aliphatic heterocycles. The minimum atomic E-state index is 0.325. The lowest BCUT2D eigenvalue weighted by molar-refractivity contribution is 0.704. The molecule has 2 heteroatoms. The van der Waals surface area contributed by atoms with Gasteiger partial charge in [-0.3, -0.25) is 0 Å². The van der Waals surface area contributed by atoms with Crippen LogP contribution in [-0.2, 0) is 0 Å². The van der Waals surface area contributed by atoms with Crippen molar-refractivity contribution >= 4 is 11.3 Å². The fourth-order valence-corrected chi connectivity index (χ4v) is 2.55. The molecule has 15 heavy (non-hydrogen) atoms. The lowest BCUT2D eigenvalue weighted by Gasteiger charge is -2.15. The first-order chi connectivity index (χ1) is 7.31. The Balaban J connectivity index is 2.31. The van der Waals surface area contributed by atoms with Gasteiger partial charge < -0.3 is 5.32 Å². The molecule has 1 aromatic carbocycles. The molecule has 1 heterocycles. The van der Waals surface area contributed by atoms with Crippen LogP contribution < -0.4 is 5.32 Å². The zero-order valence-electron chi connectivity index (χ0n) is 9.03. The Morgan fingerprint density at radius 3 is 2.40 bits per heavy atom. The van der Waals surface area contributed by atoms with Gasteiger partial charge in [-0.2, -0.15) is 0 Å². The minimum absolute atomic E-state index is 0.325. The summed E-state index contributed by atoms with van der Waals surface area (Å²) in [6.45, 7) is 2.11. The van der Waals surface area contributed by atoms with Crippen LogP contribution in [0.1, 0.15) is 22.0 Å². The van der Waals surface area contributed by atoms with Crippen LogP contribution >= 0.6 is 11.3 Å². The zero-order chi connectivity index (χ0) is 10.7. The molecule has 1 nitrogen and oxygen atoms in total. The highest BCUT2D eigenvalue weighted by Crippen LogP contribution is 2.25. The molecule has 0 bridgehead atoms. The van der Waals surface area contributed by atoms with Gasteiger partial charge in [0.25, 0.3) is 0 Å². The molecule has 1 unspecified atom stereocenters. The Morgan fingerprint density at radius 1 is 1.13 bits per heavy atom. The van der Waals surface area contributed by atoms with Gasteiger partial charge in [0.2, 0.25) is 0 Å². The third-order valence-electron chi connectivity index (χ3n) is 2.53. The Labute approximate surface area is 94.8 Å². The summed E-state index contributed by atoms with van der Waals surface area (Å²) in [7, 11) is 2.00.